The van der Waals surface area contributed by atoms with Crippen LogP contribution in [0, 0.1) is 0 Å². The van der Waals surface area contributed by atoms with Crippen LogP contribution in [0.25, 0.3) is 0 Å². The molecule has 1 N–H and O–H groups in total. The number of carbonyl (C=O) groups excluding carboxylic acids is 2. The van der Waals surface area contributed by atoms with Crippen LogP contribution in [0.2, 0.25) is 10.0 Å². The molecular weight excluding hydrogens is 521 g/mol. The van der Waals surface area contributed by atoms with E-state index in [0.29, 0.717) is 22.0 Å². The molecule has 0 spiro atoms. The first-order valence-electron chi connectivity index (χ1n) is 12.1. The number of sulfonamides is 1. The second kappa shape index (κ2) is 12.9. The zero-order valence-corrected chi connectivity index (χ0v) is 23.0. The van der Waals surface area contributed by atoms with Crippen LogP contribution in [0.5, 0.6) is 0 Å². The number of amides is 2. The first-order valence-corrected chi connectivity index (χ1v) is 14.3. The SMILES string of the molecule is C[C@@H](C(=O)NC1CCCC1)N(Cc1ccc(Cl)cc1Cl)C(=O)CCCN(C)S(=O)(=O)c1ccccc1. The van der Waals surface area contributed by atoms with Crippen molar-refractivity contribution in [1.29, 1.82) is 0 Å². The van der Waals surface area contributed by atoms with Crippen molar-refractivity contribution < 1.29 is 18.0 Å². The molecule has 0 radical (unpaired) electrons. The van der Waals surface area contributed by atoms with E-state index in [0.717, 1.165) is 25.7 Å². The van der Waals surface area contributed by atoms with E-state index in [1.807, 2.05) is 0 Å². The lowest BCUT2D eigenvalue weighted by Crippen LogP contribution is -2.49. The number of hydrogen-bond donors (Lipinski definition) is 1. The summed E-state index contributed by atoms with van der Waals surface area (Å²) in [5.74, 6) is -0.454. The molecule has 0 aromatic heterocycles. The lowest BCUT2D eigenvalue weighted by molar-refractivity contribution is -0.141. The molecule has 1 fully saturated rings. The number of nitrogens with zero attached hydrogens (tertiary/aromatic N) is 2. The summed E-state index contributed by atoms with van der Waals surface area (Å²) in [7, 11) is -2.15. The van der Waals surface area contributed by atoms with E-state index in [1.165, 1.54) is 16.3 Å². The summed E-state index contributed by atoms with van der Waals surface area (Å²) in [6.07, 6.45) is 4.45. The summed E-state index contributed by atoms with van der Waals surface area (Å²) in [6, 6.07) is 12.6. The number of benzene rings is 2. The van der Waals surface area contributed by atoms with Gasteiger partial charge >= 0.3 is 0 Å². The second-order valence-electron chi connectivity index (χ2n) is 9.17. The van der Waals surface area contributed by atoms with E-state index in [9.17, 15) is 18.0 Å². The Hall–Kier alpha value is -2.13. The summed E-state index contributed by atoms with van der Waals surface area (Å²) < 4.78 is 26.8. The van der Waals surface area contributed by atoms with Crippen molar-refractivity contribution in [3.63, 3.8) is 0 Å². The van der Waals surface area contributed by atoms with Gasteiger partial charge in [-0.3, -0.25) is 9.59 Å². The fraction of sp³-hybridized carbons (Fsp3) is 0.462. The van der Waals surface area contributed by atoms with Crippen LogP contribution >= 0.6 is 23.2 Å². The highest BCUT2D eigenvalue weighted by Gasteiger charge is 2.29. The van der Waals surface area contributed by atoms with Crippen LogP contribution in [0.4, 0.5) is 0 Å². The minimum absolute atomic E-state index is 0.0842. The van der Waals surface area contributed by atoms with E-state index < -0.39 is 16.1 Å². The Kier molecular flexibility index (Phi) is 10.2. The standard InChI is InChI=1S/C26H33Cl2N3O4S/c1-19(26(33)29-22-9-6-7-10-22)31(18-20-14-15-21(27)17-24(20)28)25(32)13-8-16-30(2)36(34,35)23-11-4-3-5-12-23/h3-5,11-12,14-15,17,19,22H,6-10,13,16,18H2,1-2H3,(H,29,33)/t19-/m0/s1. The van der Waals surface area contributed by atoms with Crippen molar-refractivity contribution in [3.05, 3.63) is 64.1 Å². The van der Waals surface area contributed by atoms with Crippen LogP contribution in [-0.4, -0.2) is 55.1 Å². The molecule has 1 saturated carbocycles. The van der Waals surface area contributed by atoms with Crippen LogP contribution in [-0.2, 0) is 26.2 Å². The largest absolute Gasteiger partial charge is 0.352 e. The van der Waals surface area contributed by atoms with Gasteiger partial charge in [0.05, 0.1) is 4.90 Å². The van der Waals surface area contributed by atoms with Gasteiger partial charge in [0.15, 0.2) is 0 Å². The molecule has 1 aliphatic carbocycles. The highest BCUT2D eigenvalue weighted by Crippen LogP contribution is 2.24. The van der Waals surface area contributed by atoms with E-state index in [1.54, 1.807) is 55.5 Å². The highest BCUT2D eigenvalue weighted by molar-refractivity contribution is 7.89. The zero-order valence-electron chi connectivity index (χ0n) is 20.6. The maximum atomic E-state index is 13.3. The van der Waals surface area contributed by atoms with Crippen molar-refractivity contribution in [1.82, 2.24) is 14.5 Å². The molecule has 0 aliphatic heterocycles. The van der Waals surface area contributed by atoms with Crippen molar-refractivity contribution in [2.75, 3.05) is 13.6 Å². The van der Waals surface area contributed by atoms with Crippen molar-refractivity contribution in [3.8, 4) is 0 Å². The number of halogens is 2. The van der Waals surface area contributed by atoms with Crippen molar-refractivity contribution >= 4 is 45.0 Å². The lowest BCUT2D eigenvalue weighted by Gasteiger charge is -2.30. The number of carbonyl (C=O) groups is 2. The van der Waals surface area contributed by atoms with Gasteiger partial charge in [-0.25, -0.2) is 12.7 Å². The molecule has 36 heavy (non-hydrogen) atoms. The molecule has 2 amide bonds. The predicted octanol–water partition coefficient (Wildman–Crippen LogP) is 4.87. The van der Waals surface area contributed by atoms with Gasteiger partial charge in [-0.15, -0.1) is 0 Å². The second-order valence-corrected chi connectivity index (χ2v) is 12.1. The Morgan fingerprint density at radius 2 is 1.75 bits per heavy atom. The molecule has 0 bridgehead atoms. The molecule has 1 aliphatic rings. The van der Waals surface area contributed by atoms with Gasteiger partial charge in [-0.1, -0.05) is 60.3 Å². The maximum absolute atomic E-state index is 13.3. The minimum atomic E-state index is -3.64. The molecule has 1 atom stereocenters. The summed E-state index contributed by atoms with van der Waals surface area (Å²) in [5.41, 5.74) is 0.679. The fourth-order valence-electron chi connectivity index (χ4n) is 4.30. The molecule has 0 heterocycles. The smallest absolute Gasteiger partial charge is 0.242 e. The molecule has 0 unspecified atom stereocenters. The minimum Gasteiger partial charge on any atom is -0.352 e. The lowest BCUT2D eigenvalue weighted by atomic mass is 10.1. The van der Waals surface area contributed by atoms with E-state index in [4.69, 9.17) is 23.2 Å². The van der Waals surface area contributed by atoms with Crippen LogP contribution < -0.4 is 5.32 Å². The molecule has 3 rings (SSSR count). The summed E-state index contributed by atoms with van der Waals surface area (Å²) >= 11 is 12.4. The topological polar surface area (TPSA) is 86.8 Å². The van der Waals surface area contributed by atoms with Crippen molar-refractivity contribution in [2.24, 2.45) is 0 Å². The average molecular weight is 555 g/mol. The van der Waals surface area contributed by atoms with E-state index in [2.05, 4.69) is 5.32 Å². The van der Waals surface area contributed by atoms with Gasteiger partial charge in [0.25, 0.3) is 0 Å². The molecular formula is C26H33Cl2N3O4S. The third-order valence-electron chi connectivity index (χ3n) is 6.54. The first-order chi connectivity index (χ1) is 17.1. The Balaban J connectivity index is 1.68. The highest BCUT2D eigenvalue weighted by atomic mass is 35.5. The number of hydrogen-bond acceptors (Lipinski definition) is 4. The molecule has 2 aromatic rings. The zero-order chi connectivity index (χ0) is 26.3. The number of nitrogens with one attached hydrogen (secondary N) is 1. The van der Waals surface area contributed by atoms with Crippen LogP contribution in [0.15, 0.2) is 53.4 Å². The number of rotatable bonds is 11. The predicted molar refractivity (Wildman–Crippen MR) is 142 cm³/mol. The van der Waals surface area contributed by atoms with Gasteiger partial charge in [0.2, 0.25) is 21.8 Å². The average Bonchev–Trinajstić information content (AvgIpc) is 3.36. The summed E-state index contributed by atoms with van der Waals surface area (Å²) in [6.45, 7) is 2.02. The van der Waals surface area contributed by atoms with E-state index >= 15 is 0 Å². The molecule has 196 valence electrons. The fourth-order valence-corrected chi connectivity index (χ4v) is 6.00. The van der Waals surface area contributed by atoms with Gasteiger partial charge in [-0.05, 0) is 56.0 Å². The van der Waals surface area contributed by atoms with Gasteiger partial charge in [-0.2, -0.15) is 0 Å². The third-order valence-corrected chi connectivity index (χ3v) is 9.00. The molecule has 2 aromatic carbocycles. The third kappa shape index (κ3) is 7.44. The van der Waals surface area contributed by atoms with Gasteiger partial charge < -0.3 is 10.2 Å². The normalized spacial score (nSPS) is 15.1. The summed E-state index contributed by atoms with van der Waals surface area (Å²) in [4.78, 5) is 28.0. The van der Waals surface area contributed by atoms with Crippen LogP contribution in [0.3, 0.4) is 0 Å². The van der Waals surface area contributed by atoms with Crippen molar-refractivity contribution in [2.45, 2.75) is 69.0 Å². The molecule has 0 saturated heterocycles. The quantitative estimate of drug-likeness (QED) is 0.430. The van der Waals surface area contributed by atoms with Crippen LogP contribution in [0.1, 0.15) is 51.0 Å². The van der Waals surface area contributed by atoms with Gasteiger partial charge in [0.1, 0.15) is 6.04 Å². The van der Waals surface area contributed by atoms with E-state index in [-0.39, 0.29) is 42.3 Å². The molecule has 10 heteroatoms. The molecule has 7 nitrogen and oxygen atoms in total. The van der Waals surface area contributed by atoms with Gasteiger partial charge in [0, 0.05) is 42.6 Å². The Morgan fingerprint density at radius 3 is 2.39 bits per heavy atom. The Morgan fingerprint density at radius 1 is 1.08 bits per heavy atom. The summed E-state index contributed by atoms with van der Waals surface area (Å²) in [5, 5.41) is 3.96. The maximum Gasteiger partial charge on any atom is 0.242 e. The first kappa shape index (κ1) is 28.4. The monoisotopic (exact) mass is 553 g/mol. The Bertz CT molecular complexity index is 1160. The Labute approximate surface area is 223 Å².